The molecular weight excluding hydrogens is 140 g/mol. The van der Waals surface area contributed by atoms with Crippen molar-refractivity contribution in [2.45, 2.75) is 19.1 Å². The van der Waals surface area contributed by atoms with Gasteiger partial charge in [-0.25, -0.2) is 0 Å². The van der Waals surface area contributed by atoms with Crippen LogP contribution in [0, 0.1) is 0 Å². The van der Waals surface area contributed by atoms with Gasteiger partial charge in [0.15, 0.2) is 8.32 Å². The summed E-state index contributed by atoms with van der Waals surface area (Å²) in [4.78, 5) is 0. The predicted octanol–water partition coefficient (Wildman–Crippen LogP) is 2.33. The molecule has 0 aromatic carbocycles. The smallest absolute Gasteiger partial charge is 0.190 e. The first-order valence-electron chi connectivity index (χ1n) is 3.59. The maximum Gasteiger partial charge on any atom is 0.190 e. The normalized spacial score (nSPS) is 23.6. The van der Waals surface area contributed by atoms with Gasteiger partial charge in [-0.1, -0.05) is 18.7 Å². The van der Waals surface area contributed by atoms with E-state index in [0.29, 0.717) is 0 Å². The second-order valence-electron chi connectivity index (χ2n) is 3.24. The Kier molecular flexibility index (Phi) is 2.11. The van der Waals surface area contributed by atoms with Crippen molar-refractivity contribution in [2.75, 3.05) is 6.61 Å². The molecule has 1 nitrogen and oxygen atoms in total. The molecule has 0 spiro atoms. The van der Waals surface area contributed by atoms with Crippen LogP contribution in [0.1, 0.15) is 0 Å². The molecule has 0 unspecified atom stereocenters. The molecule has 0 aromatic heterocycles. The van der Waals surface area contributed by atoms with Crippen LogP contribution in [0.5, 0.6) is 0 Å². The van der Waals surface area contributed by atoms with E-state index in [0.717, 1.165) is 12.7 Å². The molecule has 0 saturated carbocycles. The molecule has 1 heterocycles. The summed E-state index contributed by atoms with van der Waals surface area (Å²) in [6.45, 7) is 8.96. The first-order valence-corrected chi connectivity index (χ1v) is 6.71. The second-order valence-corrected chi connectivity index (χ2v) is 7.45. The Hall–Kier alpha value is -0.343. The fraction of sp³-hybridized carbons (Fsp3) is 0.500. The molecule has 1 aliphatic heterocycles. The first kappa shape index (κ1) is 7.76. The van der Waals surface area contributed by atoms with Crippen molar-refractivity contribution in [3.8, 4) is 0 Å². The van der Waals surface area contributed by atoms with E-state index >= 15 is 0 Å². The molecule has 0 bridgehead atoms. The van der Waals surface area contributed by atoms with E-state index in [1.807, 2.05) is 6.08 Å². The molecule has 0 amide bonds. The minimum Gasteiger partial charge on any atom is -0.413 e. The largest absolute Gasteiger partial charge is 0.413 e. The molecular formula is C8H14OSi. The van der Waals surface area contributed by atoms with Gasteiger partial charge in [0.25, 0.3) is 0 Å². The third-order valence-electron chi connectivity index (χ3n) is 1.75. The molecule has 0 fully saturated rings. The van der Waals surface area contributed by atoms with Crippen molar-refractivity contribution in [1.82, 2.24) is 0 Å². The van der Waals surface area contributed by atoms with Crippen LogP contribution < -0.4 is 0 Å². The van der Waals surface area contributed by atoms with Gasteiger partial charge in [-0.3, -0.25) is 0 Å². The van der Waals surface area contributed by atoms with Gasteiger partial charge in [-0.15, -0.1) is 0 Å². The Labute approximate surface area is 63.5 Å². The van der Waals surface area contributed by atoms with E-state index in [1.165, 1.54) is 5.57 Å². The SMILES string of the molecule is C=CC1=CC[Si](C)(C)OC1. The van der Waals surface area contributed by atoms with Crippen LogP contribution >= 0.6 is 0 Å². The highest BCUT2D eigenvalue weighted by Gasteiger charge is 2.24. The third kappa shape index (κ3) is 1.82. The van der Waals surface area contributed by atoms with E-state index in [-0.39, 0.29) is 0 Å². The van der Waals surface area contributed by atoms with Crippen molar-refractivity contribution in [3.05, 3.63) is 24.3 Å². The van der Waals surface area contributed by atoms with Crippen LogP contribution in [0.4, 0.5) is 0 Å². The third-order valence-corrected chi connectivity index (χ3v) is 3.86. The van der Waals surface area contributed by atoms with Crippen molar-refractivity contribution in [1.29, 1.82) is 0 Å². The standard InChI is InChI=1S/C8H14OSi/c1-4-8-5-6-10(2,3)9-7-8/h4-5H,1,6-7H2,2-3H3. The monoisotopic (exact) mass is 154 g/mol. The average Bonchev–Trinajstić information content (AvgIpc) is 1.88. The van der Waals surface area contributed by atoms with E-state index in [1.54, 1.807) is 0 Å². The number of allylic oxidation sites excluding steroid dienone is 1. The highest BCUT2D eigenvalue weighted by molar-refractivity contribution is 6.71. The maximum absolute atomic E-state index is 5.67. The zero-order valence-electron chi connectivity index (χ0n) is 6.68. The van der Waals surface area contributed by atoms with Crippen LogP contribution in [-0.2, 0) is 4.43 Å². The summed E-state index contributed by atoms with van der Waals surface area (Å²) in [6.07, 6.45) is 4.13. The van der Waals surface area contributed by atoms with Gasteiger partial charge >= 0.3 is 0 Å². The van der Waals surface area contributed by atoms with E-state index < -0.39 is 8.32 Å². The lowest BCUT2D eigenvalue weighted by atomic mass is 10.3. The van der Waals surface area contributed by atoms with Crippen molar-refractivity contribution in [2.24, 2.45) is 0 Å². The van der Waals surface area contributed by atoms with Gasteiger partial charge in [0.2, 0.25) is 0 Å². The van der Waals surface area contributed by atoms with Crippen LogP contribution in [0.25, 0.3) is 0 Å². The zero-order valence-corrected chi connectivity index (χ0v) is 7.68. The molecule has 0 radical (unpaired) electrons. The second kappa shape index (κ2) is 2.72. The Morgan fingerprint density at radius 2 is 2.40 bits per heavy atom. The summed E-state index contributed by atoms with van der Waals surface area (Å²) in [5.74, 6) is 0. The summed E-state index contributed by atoms with van der Waals surface area (Å²) >= 11 is 0. The number of hydrogen-bond donors (Lipinski definition) is 0. The molecule has 1 rings (SSSR count). The predicted molar refractivity (Wildman–Crippen MR) is 46.5 cm³/mol. The van der Waals surface area contributed by atoms with Crippen molar-refractivity contribution < 1.29 is 4.43 Å². The van der Waals surface area contributed by atoms with Crippen LogP contribution in [0.2, 0.25) is 19.1 Å². The molecule has 10 heavy (non-hydrogen) atoms. The van der Waals surface area contributed by atoms with Crippen LogP contribution in [0.15, 0.2) is 24.3 Å². The minimum absolute atomic E-state index is 0.780. The summed E-state index contributed by atoms with van der Waals surface area (Å²) in [5, 5.41) is 0. The van der Waals surface area contributed by atoms with Gasteiger partial charge < -0.3 is 4.43 Å². The lowest BCUT2D eigenvalue weighted by Gasteiger charge is -2.26. The van der Waals surface area contributed by atoms with Gasteiger partial charge in [0, 0.05) is 0 Å². The summed E-state index contributed by atoms with van der Waals surface area (Å²) in [6, 6.07) is 1.13. The Morgan fingerprint density at radius 3 is 2.80 bits per heavy atom. The summed E-state index contributed by atoms with van der Waals surface area (Å²) < 4.78 is 5.67. The molecule has 2 heteroatoms. The Balaban J connectivity index is 2.60. The van der Waals surface area contributed by atoms with E-state index in [9.17, 15) is 0 Å². The fourth-order valence-corrected chi connectivity index (χ4v) is 2.34. The fourth-order valence-electron chi connectivity index (χ4n) is 0.916. The first-order chi connectivity index (χ1) is 4.64. The van der Waals surface area contributed by atoms with Crippen molar-refractivity contribution >= 4 is 8.32 Å². The maximum atomic E-state index is 5.67. The number of hydrogen-bond acceptors (Lipinski definition) is 1. The Morgan fingerprint density at radius 1 is 1.70 bits per heavy atom. The van der Waals surface area contributed by atoms with Crippen LogP contribution in [0.3, 0.4) is 0 Å². The zero-order chi connectivity index (χ0) is 7.61. The summed E-state index contributed by atoms with van der Waals surface area (Å²) in [7, 11) is -1.27. The molecule has 0 aliphatic carbocycles. The lowest BCUT2D eigenvalue weighted by molar-refractivity contribution is 0.339. The molecule has 0 aromatic rings. The molecule has 56 valence electrons. The average molecular weight is 154 g/mol. The highest BCUT2D eigenvalue weighted by atomic mass is 28.4. The van der Waals surface area contributed by atoms with E-state index in [4.69, 9.17) is 4.43 Å². The molecule has 0 atom stereocenters. The topological polar surface area (TPSA) is 9.23 Å². The van der Waals surface area contributed by atoms with Gasteiger partial charge in [-0.05, 0) is 24.7 Å². The van der Waals surface area contributed by atoms with Crippen molar-refractivity contribution in [3.63, 3.8) is 0 Å². The lowest BCUT2D eigenvalue weighted by Crippen LogP contribution is -2.32. The van der Waals surface area contributed by atoms with Gasteiger partial charge in [0.05, 0.1) is 6.61 Å². The highest BCUT2D eigenvalue weighted by Crippen LogP contribution is 2.19. The summed E-state index contributed by atoms with van der Waals surface area (Å²) in [5.41, 5.74) is 1.24. The minimum atomic E-state index is -1.27. The Bertz CT molecular complexity index is 170. The van der Waals surface area contributed by atoms with Gasteiger partial charge in [0.1, 0.15) is 0 Å². The van der Waals surface area contributed by atoms with Crippen LogP contribution in [-0.4, -0.2) is 14.9 Å². The molecule has 0 N–H and O–H groups in total. The number of rotatable bonds is 1. The molecule has 1 aliphatic rings. The molecule has 0 saturated heterocycles. The van der Waals surface area contributed by atoms with E-state index in [2.05, 4.69) is 25.7 Å². The quantitative estimate of drug-likeness (QED) is 0.527. The van der Waals surface area contributed by atoms with Gasteiger partial charge in [-0.2, -0.15) is 0 Å².